The highest BCUT2D eigenvalue weighted by atomic mass is 16.5. The fraction of sp³-hybridized carbons (Fsp3) is 0.286. The molecule has 0 radical (unpaired) electrons. The summed E-state index contributed by atoms with van der Waals surface area (Å²) < 4.78 is 5.71. The fourth-order valence-electron chi connectivity index (χ4n) is 2.46. The Labute approximate surface area is 152 Å². The number of benzene rings is 2. The van der Waals surface area contributed by atoms with Crippen LogP contribution in [0, 0.1) is 5.92 Å². The lowest BCUT2D eigenvalue weighted by Gasteiger charge is -2.07. The zero-order chi connectivity index (χ0) is 18.4. The molecule has 3 N–H and O–H groups in total. The minimum atomic E-state index is -0.211. The second kappa shape index (κ2) is 8.43. The van der Waals surface area contributed by atoms with Crippen molar-refractivity contribution < 1.29 is 19.7 Å². The molecule has 5 heteroatoms. The van der Waals surface area contributed by atoms with E-state index in [1.807, 2.05) is 24.3 Å². The van der Waals surface area contributed by atoms with Gasteiger partial charge in [0.05, 0.1) is 6.61 Å². The van der Waals surface area contributed by atoms with Crippen LogP contribution in [-0.2, 0) is 11.2 Å². The number of hydrogen-bond acceptors (Lipinski definition) is 4. The third-order valence-electron chi connectivity index (χ3n) is 4.25. The van der Waals surface area contributed by atoms with Crippen molar-refractivity contribution in [2.24, 2.45) is 5.92 Å². The lowest BCUT2D eigenvalue weighted by Crippen LogP contribution is -2.23. The molecule has 0 aliphatic heterocycles. The van der Waals surface area contributed by atoms with Gasteiger partial charge in [0, 0.05) is 12.6 Å². The maximum Gasteiger partial charge on any atom is 0.244 e. The Morgan fingerprint density at radius 2 is 1.88 bits per heavy atom. The van der Waals surface area contributed by atoms with E-state index >= 15 is 0 Å². The zero-order valence-corrected chi connectivity index (χ0v) is 14.5. The first-order valence-corrected chi connectivity index (χ1v) is 8.80. The summed E-state index contributed by atoms with van der Waals surface area (Å²) in [5.41, 5.74) is 1.77. The Bertz CT molecular complexity index is 779. The molecule has 1 amide bonds. The average Bonchev–Trinajstić information content (AvgIpc) is 3.46. The molecule has 1 aliphatic carbocycles. The van der Waals surface area contributed by atoms with E-state index in [4.69, 9.17) is 4.74 Å². The number of phenols is 2. The molecule has 0 bridgehead atoms. The standard InChI is InChI=1S/C21H23NO4/c23-19-9-5-16(13-20(19)24)6-10-21(25)22-12-11-15-3-7-18(8-4-15)26-14-17-1-2-17/h3-10,13,17,23-24H,1-2,11-12,14H2,(H,22,25)/b10-6+. The number of hydrogen-bond donors (Lipinski definition) is 3. The molecule has 26 heavy (non-hydrogen) atoms. The summed E-state index contributed by atoms with van der Waals surface area (Å²) in [6.07, 6.45) is 6.28. The zero-order valence-electron chi connectivity index (χ0n) is 14.5. The van der Waals surface area contributed by atoms with Gasteiger partial charge in [0.25, 0.3) is 0 Å². The first-order valence-electron chi connectivity index (χ1n) is 8.80. The van der Waals surface area contributed by atoms with Gasteiger partial charge >= 0.3 is 0 Å². The molecule has 5 nitrogen and oxygen atoms in total. The van der Waals surface area contributed by atoms with E-state index in [1.165, 1.54) is 31.1 Å². The topological polar surface area (TPSA) is 78.8 Å². The normalized spacial score (nSPS) is 13.7. The third kappa shape index (κ3) is 5.55. The van der Waals surface area contributed by atoms with Gasteiger partial charge in [0.15, 0.2) is 11.5 Å². The van der Waals surface area contributed by atoms with E-state index in [0.29, 0.717) is 12.1 Å². The van der Waals surface area contributed by atoms with Crippen LogP contribution in [0.2, 0.25) is 0 Å². The lowest BCUT2D eigenvalue weighted by atomic mass is 10.1. The minimum Gasteiger partial charge on any atom is -0.504 e. The summed E-state index contributed by atoms with van der Waals surface area (Å²) in [5.74, 6) is 1.03. The van der Waals surface area contributed by atoms with Gasteiger partial charge in [-0.2, -0.15) is 0 Å². The lowest BCUT2D eigenvalue weighted by molar-refractivity contribution is -0.116. The summed E-state index contributed by atoms with van der Waals surface area (Å²) in [5, 5.41) is 21.5. The van der Waals surface area contributed by atoms with Crippen molar-refractivity contribution in [3.8, 4) is 17.2 Å². The monoisotopic (exact) mass is 353 g/mol. The predicted octanol–water partition coefficient (Wildman–Crippen LogP) is 3.26. The highest BCUT2D eigenvalue weighted by Gasteiger charge is 2.21. The van der Waals surface area contributed by atoms with Crippen molar-refractivity contribution in [3.63, 3.8) is 0 Å². The van der Waals surface area contributed by atoms with Crippen LogP contribution < -0.4 is 10.1 Å². The van der Waals surface area contributed by atoms with Crippen molar-refractivity contribution in [2.45, 2.75) is 19.3 Å². The highest BCUT2D eigenvalue weighted by molar-refractivity contribution is 5.91. The predicted molar refractivity (Wildman–Crippen MR) is 100 cm³/mol. The molecule has 1 fully saturated rings. The number of amides is 1. The second-order valence-electron chi connectivity index (χ2n) is 6.52. The maximum absolute atomic E-state index is 11.8. The number of rotatable bonds is 8. The van der Waals surface area contributed by atoms with E-state index in [0.717, 1.165) is 30.3 Å². The molecule has 0 spiro atoms. The van der Waals surface area contributed by atoms with E-state index < -0.39 is 0 Å². The molecule has 3 rings (SSSR count). The first-order chi connectivity index (χ1) is 12.6. The molecular weight excluding hydrogens is 330 g/mol. The van der Waals surface area contributed by atoms with E-state index in [2.05, 4.69) is 5.32 Å². The largest absolute Gasteiger partial charge is 0.504 e. The number of phenolic OH excluding ortho intramolecular Hbond substituents is 2. The third-order valence-corrected chi connectivity index (χ3v) is 4.25. The summed E-state index contributed by atoms with van der Waals surface area (Å²) in [4.78, 5) is 11.8. The number of carbonyl (C=O) groups excluding carboxylic acids is 1. The Morgan fingerprint density at radius 3 is 2.58 bits per heavy atom. The van der Waals surface area contributed by atoms with Crippen molar-refractivity contribution in [2.75, 3.05) is 13.2 Å². The van der Waals surface area contributed by atoms with Crippen molar-refractivity contribution in [1.29, 1.82) is 0 Å². The van der Waals surface area contributed by atoms with Crippen LogP contribution in [0.1, 0.15) is 24.0 Å². The Balaban J connectivity index is 1.39. The van der Waals surface area contributed by atoms with Crippen LogP contribution in [0.5, 0.6) is 17.2 Å². The molecule has 0 heterocycles. The van der Waals surface area contributed by atoms with Gasteiger partial charge in [0.1, 0.15) is 5.75 Å². The Hall–Kier alpha value is -2.95. The molecule has 1 saturated carbocycles. The molecular formula is C21H23NO4. The number of carbonyl (C=O) groups is 1. The Kier molecular flexibility index (Phi) is 5.79. The SMILES string of the molecule is O=C(/C=C/c1ccc(O)c(O)c1)NCCc1ccc(OCC2CC2)cc1. The minimum absolute atomic E-state index is 0.185. The van der Waals surface area contributed by atoms with Gasteiger partial charge in [0.2, 0.25) is 5.91 Å². The van der Waals surface area contributed by atoms with Crippen molar-refractivity contribution in [1.82, 2.24) is 5.32 Å². The molecule has 0 unspecified atom stereocenters. The van der Waals surface area contributed by atoms with Gasteiger partial charge in [-0.3, -0.25) is 4.79 Å². The van der Waals surface area contributed by atoms with Gasteiger partial charge in [-0.1, -0.05) is 18.2 Å². The van der Waals surface area contributed by atoms with Gasteiger partial charge in [-0.15, -0.1) is 0 Å². The van der Waals surface area contributed by atoms with Crippen LogP contribution in [0.3, 0.4) is 0 Å². The average molecular weight is 353 g/mol. The van der Waals surface area contributed by atoms with Crippen LogP contribution >= 0.6 is 0 Å². The first kappa shape index (κ1) is 17.9. The molecule has 1 aliphatic rings. The van der Waals surface area contributed by atoms with E-state index in [9.17, 15) is 15.0 Å². The van der Waals surface area contributed by atoms with Gasteiger partial charge in [-0.05, 0) is 66.6 Å². The molecule has 2 aromatic carbocycles. The highest BCUT2D eigenvalue weighted by Crippen LogP contribution is 2.29. The maximum atomic E-state index is 11.8. The Morgan fingerprint density at radius 1 is 1.12 bits per heavy atom. The number of aromatic hydroxyl groups is 2. The van der Waals surface area contributed by atoms with Gasteiger partial charge < -0.3 is 20.3 Å². The van der Waals surface area contributed by atoms with Crippen LogP contribution in [-0.4, -0.2) is 29.3 Å². The number of ether oxygens (including phenoxy) is 1. The summed E-state index contributed by atoms with van der Waals surface area (Å²) in [7, 11) is 0. The van der Waals surface area contributed by atoms with Crippen molar-refractivity contribution in [3.05, 3.63) is 59.7 Å². The molecule has 136 valence electrons. The van der Waals surface area contributed by atoms with Crippen LogP contribution in [0.4, 0.5) is 0 Å². The van der Waals surface area contributed by atoms with Crippen LogP contribution in [0.25, 0.3) is 6.08 Å². The molecule has 0 aromatic heterocycles. The molecule has 2 aromatic rings. The van der Waals surface area contributed by atoms with Gasteiger partial charge in [-0.25, -0.2) is 0 Å². The second-order valence-corrected chi connectivity index (χ2v) is 6.52. The van der Waals surface area contributed by atoms with Crippen LogP contribution in [0.15, 0.2) is 48.5 Å². The van der Waals surface area contributed by atoms with Crippen molar-refractivity contribution >= 4 is 12.0 Å². The summed E-state index contributed by atoms with van der Waals surface area (Å²) >= 11 is 0. The van der Waals surface area contributed by atoms with E-state index in [1.54, 1.807) is 12.1 Å². The smallest absolute Gasteiger partial charge is 0.244 e. The summed E-state index contributed by atoms with van der Waals surface area (Å²) in [6, 6.07) is 12.4. The number of nitrogens with one attached hydrogen (secondary N) is 1. The molecule has 0 saturated heterocycles. The fourth-order valence-corrected chi connectivity index (χ4v) is 2.46. The van der Waals surface area contributed by atoms with E-state index in [-0.39, 0.29) is 17.4 Å². The molecule has 0 atom stereocenters. The quantitative estimate of drug-likeness (QED) is 0.503. The summed E-state index contributed by atoms with van der Waals surface area (Å²) in [6.45, 7) is 1.34.